The number of sulfone groups is 1. The van der Waals surface area contributed by atoms with Crippen molar-refractivity contribution in [1.82, 2.24) is 4.90 Å². The summed E-state index contributed by atoms with van der Waals surface area (Å²) in [6.07, 6.45) is 2.74. The van der Waals surface area contributed by atoms with Gasteiger partial charge in [-0.15, -0.1) is 0 Å². The number of nitrogens with zero attached hydrogens (tertiary/aromatic N) is 2. The zero-order valence-corrected chi connectivity index (χ0v) is 17.4. The highest BCUT2D eigenvalue weighted by atomic mass is 32.2. The second-order valence-corrected chi connectivity index (χ2v) is 9.21. The van der Waals surface area contributed by atoms with Crippen molar-refractivity contribution in [3.8, 4) is 0 Å². The van der Waals surface area contributed by atoms with Crippen LogP contribution in [0, 0.1) is 17.0 Å². The minimum atomic E-state index is -3.77. The van der Waals surface area contributed by atoms with E-state index in [-0.39, 0.29) is 16.4 Å². The topological polar surface area (TPSA) is 127 Å². The van der Waals surface area contributed by atoms with Crippen LogP contribution in [0.5, 0.6) is 0 Å². The second kappa shape index (κ2) is 8.23. The predicted octanol–water partition coefficient (Wildman–Crippen LogP) is 2.80. The van der Waals surface area contributed by atoms with E-state index < -0.39 is 26.4 Å². The SMILES string of the molecule is Cc1cccc(C(=O)N2CCCC2)c1NC(=O)c1cc([N+](=O)[O-])cc(S(C)(=O)=O)c1. The Morgan fingerprint density at radius 1 is 1.13 bits per heavy atom. The number of hydrogen-bond acceptors (Lipinski definition) is 6. The van der Waals surface area contributed by atoms with Gasteiger partial charge in [-0.3, -0.25) is 19.7 Å². The normalized spacial score (nSPS) is 13.9. The van der Waals surface area contributed by atoms with E-state index in [1.54, 1.807) is 30.0 Å². The van der Waals surface area contributed by atoms with Gasteiger partial charge in [0.25, 0.3) is 17.5 Å². The largest absolute Gasteiger partial charge is 0.339 e. The van der Waals surface area contributed by atoms with Crippen molar-refractivity contribution in [2.75, 3.05) is 24.7 Å². The molecule has 0 bridgehead atoms. The van der Waals surface area contributed by atoms with E-state index in [1.165, 1.54) is 0 Å². The molecule has 1 heterocycles. The number of nitrogens with one attached hydrogen (secondary N) is 1. The molecule has 2 aromatic rings. The van der Waals surface area contributed by atoms with E-state index >= 15 is 0 Å². The molecular weight excluding hydrogens is 410 g/mol. The lowest BCUT2D eigenvalue weighted by molar-refractivity contribution is -0.385. The molecule has 0 radical (unpaired) electrons. The van der Waals surface area contributed by atoms with E-state index in [0.717, 1.165) is 37.3 Å². The number of aryl methyl sites for hydroxylation is 1. The fraction of sp³-hybridized carbons (Fsp3) is 0.300. The first-order valence-corrected chi connectivity index (χ1v) is 11.2. The lowest BCUT2D eigenvalue weighted by Crippen LogP contribution is -2.29. The van der Waals surface area contributed by atoms with Crippen molar-refractivity contribution in [2.45, 2.75) is 24.7 Å². The van der Waals surface area contributed by atoms with Crippen molar-refractivity contribution in [3.63, 3.8) is 0 Å². The summed E-state index contributed by atoms with van der Waals surface area (Å²) in [7, 11) is -3.77. The zero-order chi connectivity index (χ0) is 22.1. The van der Waals surface area contributed by atoms with Gasteiger partial charge in [0, 0.05) is 37.0 Å². The number of anilines is 1. The second-order valence-electron chi connectivity index (χ2n) is 7.20. The van der Waals surface area contributed by atoms with E-state index in [2.05, 4.69) is 5.32 Å². The summed E-state index contributed by atoms with van der Waals surface area (Å²) >= 11 is 0. The number of carbonyl (C=O) groups is 2. The molecule has 9 nitrogen and oxygen atoms in total. The molecule has 158 valence electrons. The molecule has 1 aliphatic rings. The number of rotatable bonds is 5. The van der Waals surface area contributed by atoms with Crippen LogP contribution >= 0.6 is 0 Å². The number of hydrogen-bond donors (Lipinski definition) is 1. The summed E-state index contributed by atoms with van der Waals surface area (Å²) in [4.78, 5) is 37.5. The summed E-state index contributed by atoms with van der Waals surface area (Å²) in [5.74, 6) is -0.948. The molecule has 0 atom stereocenters. The molecule has 0 unspecified atom stereocenters. The van der Waals surface area contributed by atoms with Crippen molar-refractivity contribution in [3.05, 3.63) is 63.2 Å². The van der Waals surface area contributed by atoms with E-state index in [0.29, 0.717) is 29.9 Å². The number of carbonyl (C=O) groups excluding carboxylic acids is 2. The van der Waals surface area contributed by atoms with Gasteiger partial charge >= 0.3 is 0 Å². The van der Waals surface area contributed by atoms with Gasteiger partial charge in [0.15, 0.2) is 9.84 Å². The first kappa shape index (κ1) is 21.4. The molecule has 1 fully saturated rings. The molecule has 0 spiro atoms. The highest BCUT2D eigenvalue weighted by Crippen LogP contribution is 2.26. The van der Waals surface area contributed by atoms with Crippen LogP contribution in [0.1, 0.15) is 39.1 Å². The third kappa shape index (κ3) is 4.48. The molecule has 1 N–H and O–H groups in total. The maximum Gasteiger partial charge on any atom is 0.271 e. The highest BCUT2D eigenvalue weighted by molar-refractivity contribution is 7.90. The van der Waals surface area contributed by atoms with Crippen LogP contribution in [-0.2, 0) is 9.84 Å². The summed E-state index contributed by atoms with van der Waals surface area (Å²) < 4.78 is 23.8. The van der Waals surface area contributed by atoms with Gasteiger partial charge in [0.05, 0.1) is 21.1 Å². The number of likely N-dealkylation sites (tertiary alicyclic amines) is 1. The molecule has 3 rings (SSSR count). The Kier molecular flexibility index (Phi) is 5.88. The lowest BCUT2D eigenvalue weighted by atomic mass is 10.1. The monoisotopic (exact) mass is 431 g/mol. The van der Waals surface area contributed by atoms with Crippen LogP contribution in [0.2, 0.25) is 0 Å². The fourth-order valence-electron chi connectivity index (χ4n) is 3.32. The minimum absolute atomic E-state index is 0.188. The van der Waals surface area contributed by atoms with Crippen LogP contribution in [0.15, 0.2) is 41.3 Å². The maximum atomic E-state index is 12.9. The molecular formula is C20H21N3O6S. The van der Waals surface area contributed by atoms with Gasteiger partial charge in [-0.1, -0.05) is 12.1 Å². The van der Waals surface area contributed by atoms with Crippen LogP contribution in [0.3, 0.4) is 0 Å². The lowest BCUT2D eigenvalue weighted by Gasteiger charge is -2.19. The van der Waals surface area contributed by atoms with Gasteiger partial charge in [-0.05, 0) is 37.5 Å². The van der Waals surface area contributed by atoms with E-state index in [4.69, 9.17) is 0 Å². The minimum Gasteiger partial charge on any atom is -0.339 e. The molecule has 10 heteroatoms. The number of nitro benzene ring substituents is 1. The first-order valence-electron chi connectivity index (χ1n) is 9.27. The van der Waals surface area contributed by atoms with Crippen molar-refractivity contribution in [2.24, 2.45) is 0 Å². The Bertz CT molecular complexity index is 1140. The highest BCUT2D eigenvalue weighted by Gasteiger charge is 2.25. The maximum absolute atomic E-state index is 12.9. The Morgan fingerprint density at radius 2 is 1.80 bits per heavy atom. The number of non-ortho nitro benzene ring substituents is 1. The summed E-state index contributed by atoms with van der Waals surface area (Å²) in [6.45, 7) is 3.01. The van der Waals surface area contributed by atoms with Crippen LogP contribution in [0.4, 0.5) is 11.4 Å². The van der Waals surface area contributed by atoms with Crippen molar-refractivity contribution in [1.29, 1.82) is 0 Å². The molecule has 0 aromatic heterocycles. The number of amides is 2. The quantitative estimate of drug-likeness (QED) is 0.573. The predicted molar refractivity (Wildman–Crippen MR) is 110 cm³/mol. The molecule has 1 saturated heterocycles. The molecule has 2 amide bonds. The molecule has 1 aliphatic heterocycles. The Hall–Kier alpha value is -3.27. The molecule has 0 saturated carbocycles. The van der Waals surface area contributed by atoms with E-state index in [1.807, 2.05) is 0 Å². The average molecular weight is 431 g/mol. The third-order valence-electron chi connectivity index (χ3n) is 4.93. The zero-order valence-electron chi connectivity index (χ0n) is 16.5. The van der Waals surface area contributed by atoms with Crippen molar-refractivity contribution >= 4 is 33.0 Å². The van der Waals surface area contributed by atoms with Crippen molar-refractivity contribution < 1.29 is 22.9 Å². The summed E-state index contributed by atoms with van der Waals surface area (Å²) in [5.41, 5.74) is 0.557. The summed E-state index contributed by atoms with van der Waals surface area (Å²) in [6, 6.07) is 8.04. The number of para-hydroxylation sites is 1. The average Bonchev–Trinajstić information content (AvgIpc) is 3.22. The van der Waals surface area contributed by atoms with Crippen LogP contribution < -0.4 is 5.32 Å². The number of benzene rings is 2. The van der Waals surface area contributed by atoms with Crippen LogP contribution in [-0.4, -0.2) is 49.4 Å². The first-order chi connectivity index (χ1) is 14.1. The van der Waals surface area contributed by atoms with Gasteiger partial charge in [-0.2, -0.15) is 0 Å². The molecule has 2 aromatic carbocycles. The Labute approximate surface area is 173 Å². The van der Waals surface area contributed by atoms with Gasteiger partial charge < -0.3 is 10.2 Å². The molecule has 0 aliphatic carbocycles. The standard InChI is InChI=1S/C20H21N3O6S/c1-13-6-5-7-17(20(25)22-8-3-4-9-22)18(13)21-19(24)14-10-15(23(26)27)12-16(11-14)30(2,28)29/h5-7,10-12H,3-4,8-9H2,1-2H3,(H,21,24). The number of nitro groups is 1. The third-order valence-corrected chi connectivity index (χ3v) is 6.02. The molecule has 30 heavy (non-hydrogen) atoms. The van der Waals surface area contributed by atoms with Gasteiger partial charge in [0.1, 0.15) is 0 Å². The van der Waals surface area contributed by atoms with Gasteiger partial charge in [-0.25, -0.2) is 8.42 Å². The van der Waals surface area contributed by atoms with E-state index in [9.17, 15) is 28.1 Å². The van der Waals surface area contributed by atoms with Crippen LogP contribution in [0.25, 0.3) is 0 Å². The summed E-state index contributed by atoms with van der Waals surface area (Å²) in [5, 5.41) is 13.8. The van der Waals surface area contributed by atoms with Gasteiger partial charge in [0.2, 0.25) is 0 Å². The Balaban J connectivity index is 2.00. The smallest absolute Gasteiger partial charge is 0.271 e. The fourth-order valence-corrected chi connectivity index (χ4v) is 4.00. The Morgan fingerprint density at radius 3 is 2.40 bits per heavy atom.